The van der Waals surface area contributed by atoms with Crippen molar-refractivity contribution in [1.82, 2.24) is 10.6 Å². The zero-order chi connectivity index (χ0) is 16.2. The van der Waals surface area contributed by atoms with Crippen LogP contribution in [0.2, 0.25) is 0 Å². The summed E-state index contributed by atoms with van der Waals surface area (Å²) in [6.07, 6.45) is 6.02. The van der Waals surface area contributed by atoms with E-state index in [1.807, 2.05) is 31.2 Å². The Balaban J connectivity index is 2.12. The van der Waals surface area contributed by atoms with Crippen LogP contribution in [0.15, 0.2) is 24.3 Å². The Morgan fingerprint density at radius 3 is 2.73 bits per heavy atom. The van der Waals surface area contributed by atoms with Gasteiger partial charge in [0.25, 0.3) is 5.91 Å². The van der Waals surface area contributed by atoms with Crippen LogP contribution in [-0.4, -0.2) is 24.2 Å². The molecule has 0 fully saturated rings. The van der Waals surface area contributed by atoms with Gasteiger partial charge in [0, 0.05) is 6.54 Å². The molecule has 0 spiro atoms. The highest BCUT2D eigenvalue weighted by Gasteiger charge is 2.05. The normalized spacial score (nSPS) is 10.1. The molecule has 0 bridgehead atoms. The number of thiocarbonyl (C=S) groups is 1. The number of aryl methyl sites for hydroxylation is 1. The second-order valence-corrected chi connectivity index (χ2v) is 5.73. The molecule has 0 saturated heterocycles. The lowest BCUT2D eigenvalue weighted by Crippen LogP contribution is -2.41. The topological polar surface area (TPSA) is 50.4 Å². The van der Waals surface area contributed by atoms with Crippen molar-refractivity contribution in [1.29, 1.82) is 0 Å². The molecule has 0 unspecified atom stereocenters. The first kappa shape index (κ1) is 18.4. The third-order valence-electron chi connectivity index (χ3n) is 3.18. The molecule has 0 heterocycles. The van der Waals surface area contributed by atoms with E-state index < -0.39 is 0 Å². The second-order valence-electron chi connectivity index (χ2n) is 5.32. The van der Waals surface area contributed by atoms with E-state index in [2.05, 4.69) is 17.6 Å². The van der Waals surface area contributed by atoms with Crippen molar-refractivity contribution < 1.29 is 9.53 Å². The molecular weight excluding hydrogens is 296 g/mol. The Morgan fingerprint density at radius 1 is 1.23 bits per heavy atom. The zero-order valence-corrected chi connectivity index (χ0v) is 14.3. The van der Waals surface area contributed by atoms with Crippen LogP contribution in [-0.2, 0) is 4.79 Å². The molecule has 5 heteroatoms. The second kappa shape index (κ2) is 11.0. The van der Waals surface area contributed by atoms with E-state index in [4.69, 9.17) is 17.0 Å². The molecular formula is C17H26N2O2S. The summed E-state index contributed by atoms with van der Waals surface area (Å²) in [7, 11) is 0. The molecule has 1 aromatic rings. The number of amides is 1. The van der Waals surface area contributed by atoms with Crippen molar-refractivity contribution in [2.24, 2.45) is 0 Å². The molecule has 1 amide bonds. The Morgan fingerprint density at radius 2 is 2.00 bits per heavy atom. The highest BCUT2D eigenvalue weighted by molar-refractivity contribution is 7.80. The van der Waals surface area contributed by atoms with Crippen LogP contribution in [0, 0.1) is 6.92 Å². The minimum absolute atomic E-state index is 0.0399. The van der Waals surface area contributed by atoms with Crippen LogP contribution in [0.4, 0.5) is 0 Å². The predicted molar refractivity (Wildman–Crippen MR) is 94.2 cm³/mol. The summed E-state index contributed by atoms with van der Waals surface area (Å²) < 4.78 is 5.42. The number of rotatable bonds is 9. The lowest BCUT2D eigenvalue weighted by molar-refractivity contribution is -0.121. The van der Waals surface area contributed by atoms with Gasteiger partial charge in [-0.15, -0.1) is 0 Å². The molecule has 1 rings (SSSR count). The average molecular weight is 322 g/mol. The number of benzene rings is 1. The van der Waals surface area contributed by atoms with E-state index in [0.717, 1.165) is 18.5 Å². The van der Waals surface area contributed by atoms with Crippen molar-refractivity contribution in [3.8, 4) is 5.75 Å². The number of hydrogen-bond acceptors (Lipinski definition) is 3. The van der Waals surface area contributed by atoms with Crippen LogP contribution in [0.5, 0.6) is 5.75 Å². The van der Waals surface area contributed by atoms with Crippen molar-refractivity contribution in [2.75, 3.05) is 13.2 Å². The van der Waals surface area contributed by atoms with Gasteiger partial charge in [0.1, 0.15) is 5.75 Å². The van der Waals surface area contributed by atoms with Gasteiger partial charge in [0.15, 0.2) is 11.7 Å². The average Bonchev–Trinajstić information content (AvgIpc) is 2.49. The van der Waals surface area contributed by atoms with Crippen LogP contribution in [0.1, 0.15) is 44.6 Å². The first-order valence-corrected chi connectivity index (χ1v) is 8.29. The number of carbonyl (C=O) groups excluding carboxylic acids is 1. The summed E-state index contributed by atoms with van der Waals surface area (Å²) in [6.45, 7) is 4.93. The molecule has 0 aromatic heterocycles. The van der Waals surface area contributed by atoms with Crippen LogP contribution in [0.3, 0.4) is 0 Å². The summed E-state index contributed by atoms with van der Waals surface area (Å²) in [6, 6.07) is 7.59. The minimum atomic E-state index is -0.245. The number of nitrogens with one attached hydrogen (secondary N) is 2. The lowest BCUT2D eigenvalue weighted by atomic mass is 10.1. The smallest absolute Gasteiger partial charge is 0.264 e. The van der Waals surface area contributed by atoms with Gasteiger partial charge in [-0.25, -0.2) is 0 Å². The first-order valence-electron chi connectivity index (χ1n) is 7.89. The Labute approximate surface area is 138 Å². The molecule has 0 radical (unpaired) electrons. The molecule has 0 aliphatic rings. The summed E-state index contributed by atoms with van der Waals surface area (Å²) in [4.78, 5) is 11.7. The van der Waals surface area contributed by atoms with Crippen LogP contribution in [0.25, 0.3) is 0 Å². The van der Waals surface area contributed by atoms with Crippen molar-refractivity contribution in [3.63, 3.8) is 0 Å². The standard InChI is InChI=1S/C17H26N2O2S/c1-3-4-5-6-7-11-18-17(22)19-16(20)13-21-15-10-8-9-14(2)12-15/h8-10,12H,3-7,11,13H2,1-2H3,(H2,18,19,20,22). The van der Waals surface area contributed by atoms with Crippen molar-refractivity contribution in [3.05, 3.63) is 29.8 Å². The maximum atomic E-state index is 11.7. The molecule has 2 N–H and O–H groups in total. The van der Waals surface area contributed by atoms with Gasteiger partial charge in [-0.1, -0.05) is 44.7 Å². The van der Waals surface area contributed by atoms with Gasteiger partial charge in [-0.3, -0.25) is 4.79 Å². The molecule has 122 valence electrons. The van der Waals surface area contributed by atoms with Gasteiger partial charge >= 0.3 is 0 Å². The molecule has 0 atom stereocenters. The molecule has 0 aliphatic heterocycles. The predicted octanol–water partition coefficient (Wildman–Crippen LogP) is 3.33. The third-order valence-corrected chi connectivity index (χ3v) is 3.42. The first-order chi connectivity index (χ1) is 10.6. The van der Waals surface area contributed by atoms with Crippen LogP contribution >= 0.6 is 12.2 Å². The van der Waals surface area contributed by atoms with Gasteiger partial charge in [-0.05, 0) is 43.3 Å². The Bertz CT molecular complexity index is 477. The maximum absolute atomic E-state index is 11.7. The van der Waals surface area contributed by atoms with Gasteiger partial charge in [0.05, 0.1) is 0 Å². The lowest BCUT2D eigenvalue weighted by Gasteiger charge is -2.10. The molecule has 1 aromatic carbocycles. The number of carbonyl (C=O) groups is 1. The minimum Gasteiger partial charge on any atom is -0.484 e. The molecule has 4 nitrogen and oxygen atoms in total. The van der Waals surface area contributed by atoms with E-state index >= 15 is 0 Å². The van der Waals surface area contributed by atoms with E-state index in [-0.39, 0.29) is 12.5 Å². The summed E-state index contributed by atoms with van der Waals surface area (Å²) in [5, 5.41) is 6.03. The molecule has 22 heavy (non-hydrogen) atoms. The highest BCUT2D eigenvalue weighted by Crippen LogP contribution is 2.11. The summed E-state index contributed by atoms with van der Waals surface area (Å²) in [5.74, 6) is 0.440. The SMILES string of the molecule is CCCCCCCNC(=S)NC(=O)COc1cccc(C)c1. The van der Waals surface area contributed by atoms with Crippen molar-refractivity contribution >= 4 is 23.2 Å². The van der Waals surface area contributed by atoms with Gasteiger partial charge < -0.3 is 15.4 Å². The Kier molecular flexibility index (Phi) is 9.23. The fraction of sp³-hybridized carbons (Fsp3) is 0.529. The summed E-state index contributed by atoms with van der Waals surface area (Å²) in [5.41, 5.74) is 1.10. The number of ether oxygens (including phenoxy) is 1. The van der Waals surface area contributed by atoms with E-state index in [1.54, 1.807) is 0 Å². The van der Waals surface area contributed by atoms with E-state index in [9.17, 15) is 4.79 Å². The fourth-order valence-corrected chi connectivity index (χ4v) is 2.21. The Hall–Kier alpha value is -1.62. The van der Waals surface area contributed by atoms with Gasteiger partial charge in [0.2, 0.25) is 0 Å². The molecule has 0 saturated carbocycles. The number of hydrogen-bond donors (Lipinski definition) is 2. The monoisotopic (exact) mass is 322 g/mol. The summed E-state index contributed by atoms with van der Waals surface area (Å²) >= 11 is 5.08. The number of unbranched alkanes of at least 4 members (excludes halogenated alkanes) is 4. The van der Waals surface area contributed by atoms with Gasteiger partial charge in [-0.2, -0.15) is 0 Å². The van der Waals surface area contributed by atoms with E-state index in [0.29, 0.717) is 10.9 Å². The van der Waals surface area contributed by atoms with Crippen LogP contribution < -0.4 is 15.4 Å². The van der Waals surface area contributed by atoms with E-state index in [1.165, 1.54) is 25.7 Å². The molecule has 0 aliphatic carbocycles. The zero-order valence-electron chi connectivity index (χ0n) is 13.5. The largest absolute Gasteiger partial charge is 0.484 e. The quantitative estimate of drug-likeness (QED) is 0.541. The maximum Gasteiger partial charge on any atom is 0.264 e. The highest BCUT2D eigenvalue weighted by atomic mass is 32.1. The third kappa shape index (κ3) is 8.62. The van der Waals surface area contributed by atoms with Crippen molar-refractivity contribution in [2.45, 2.75) is 46.0 Å². The fourth-order valence-electron chi connectivity index (χ4n) is 1.99.